The number of methoxy groups -OCH3 is 1. The van der Waals surface area contributed by atoms with E-state index >= 15 is 0 Å². The fourth-order valence-corrected chi connectivity index (χ4v) is 3.60. The zero-order valence-electron chi connectivity index (χ0n) is 12.3. The quantitative estimate of drug-likeness (QED) is 0.673. The summed E-state index contributed by atoms with van der Waals surface area (Å²) in [4.78, 5) is 6.33. The van der Waals surface area contributed by atoms with Crippen molar-refractivity contribution in [3.05, 3.63) is 57.5 Å². The average molecular weight is 329 g/mol. The van der Waals surface area contributed by atoms with Gasteiger partial charge in [-0.2, -0.15) is 5.10 Å². The monoisotopic (exact) mass is 329 g/mol. The molecule has 3 rings (SSSR count). The van der Waals surface area contributed by atoms with Gasteiger partial charge in [0.15, 0.2) is 0 Å². The first kappa shape index (κ1) is 14.7. The molecule has 0 fully saturated rings. The van der Waals surface area contributed by atoms with Crippen LogP contribution in [0.25, 0.3) is 10.6 Å². The summed E-state index contributed by atoms with van der Waals surface area (Å²) >= 11 is 3.27. The van der Waals surface area contributed by atoms with Gasteiger partial charge < -0.3 is 4.74 Å². The standard InChI is InChI=1S/C16H15N3OS2/c1-17-16-19(14(11-22-16)15-7-4-8-21-15)18-10-12-5-3-6-13(9-12)20-2/h3-11H,1-2H3. The number of ether oxygens (including phenoxy) is 1. The molecule has 6 heteroatoms. The molecule has 0 saturated heterocycles. The van der Waals surface area contributed by atoms with Gasteiger partial charge in [0.05, 0.1) is 23.9 Å². The summed E-state index contributed by atoms with van der Waals surface area (Å²) in [5, 5.41) is 8.74. The Morgan fingerprint density at radius 1 is 1.18 bits per heavy atom. The van der Waals surface area contributed by atoms with Crippen molar-refractivity contribution >= 4 is 28.9 Å². The maximum atomic E-state index is 5.24. The Bertz CT molecular complexity index is 844. The normalized spacial score (nSPS) is 12.2. The van der Waals surface area contributed by atoms with E-state index in [4.69, 9.17) is 4.74 Å². The molecule has 0 aliphatic rings. The van der Waals surface area contributed by atoms with Crippen LogP contribution >= 0.6 is 22.7 Å². The summed E-state index contributed by atoms with van der Waals surface area (Å²) in [7, 11) is 3.44. The molecule has 1 aromatic carbocycles. The highest BCUT2D eigenvalue weighted by Gasteiger charge is 2.07. The topological polar surface area (TPSA) is 38.9 Å². The molecule has 0 amide bonds. The molecule has 3 aromatic rings. The first-order chi connectivity index (χ1) is 10.8. The Balaban J connectivity index is 2.01. The lowest BCUT2D eigenvalue weighted by Crippen LogP contribution is -2.11. The van der Waals surface area contributed by atoms with Gasteiger partial charge in [-0.3, -0.25) is 4.99 Å². The third-order valence-electron chi connectivity index (χ3n) is 3.07. The Kier molecular flexibility index (Phi) is 4.50. The summed E-state index contributed by atoms with van der Waals surface area (Å²) in [6, 6.07) is 11.9. The highest BCUT2D eigenvalue weighted by molar-refractivity contribution is 7.14. The van der Waals surface area contributed by atoms with Crippen LogP contribution in [0.2, 0.25) is 0 Å². The minimum absolute atomic E-state index is 0.818. The van der Waals surface area contributed by atoms with Gasteiger partial charge in [-0.1, -0.05) is 18.2 Å². The van der Waals surface area contributed by atoms with Crippen molar-refractivity contribution in [1.29, 1.82) is 0 Å². The van der Waals surface area contributed by atoms with E-state index < -0.39 is 0 Å². The highest BCUT2D eigenvalue weighted by Crippen LogP contribution is 2.25. The SMILES string of the molecule is CN=c1scc(-c2cccs2)n1N=Cc1cccc(OC)c1. The Hall–Kier alpha value is -2.18. The molecule has 2 heterocycles. The molecule has 0 saturated carbocycles. The number of hydrogen-bond acceptors (Lipinski definition) is 5. The summed E-state index contributed by atoms with van der Waals surface area (Å²) in [6.45, 7) is 0. The largest absolute Gasteiger partial charge is 0.497 e. The van der Waals surface area contributed by atoms with Crippen LogP contribution in [0.15, 0.2) is 57.3 Å². The van der Waals surface area contributed by atoms with E-state index in [0.29, 0.717) is 0 Å². The molecule has 2 aromatic heterocycles. The zero-order chi connectivity index (χ0) is 15.4. The maximum Gasteiger partial charge on any atom is 0.205 e. The lowest BCUT2D eigenvalue weighted by atomic mass is 10.2. The number of thiophene rings is 1. The number of aromatic nitrogens is 1. The summed E-state index contributed by atoms with van der Waals surface area (Å²) in [5.74, 6) is 0.818. The minimum atomic E-state index is 0.818. The van der Waals surface area contributed by atoms with Crippen LogP contribution in [0, 0.1) is 0 Å². The van der Waals surface area contributed by atoms with Crippen LogP contribution in [0.1, 0.15) is 5.56 Å². The second-order valence-corrected chi connectivity index (χ2v) is 6.22. The molecule has 0 atom stereocenters. The van der Waals surface area contributed by atoms with Crippen LogP contribution in [-0.4, -0.2) is 25.0 Å². The predicted molar refractivity (Wildman–Crippen MR) is 93.1 cm³/mol. The van der Waals surface area contributed by atoms with Crippen molar-refractivity contribution in [2.45, 2.75) is 0 Å². The number of nitrogens with zero attached hydrogens (tertiary/aromatic N) is 3. The van der Waals surface area contributed by atoms with E-state index in [1.807, 2.05) is 41.2 Å². The first-order valence-electron chi connectivity index (χ1n) is 6.67. The number of benzene rings is 1. The van der Waals surface area contributed by atoms with E-state index in [0.717, 1.165) is 21.8 Å². The van der Waals surface area contributed by atoms with Crippen molar-refractivity contribution in [2.24, 2.45) is 10.1 Å². The molecule has 0 N–H and O–H groups in total. The Morgan fingerprint density at radius 3 is 2.82 bits per heavy atom. The molecule has 4 nitrogen and oxygen atoms in total. The number of rotatable bonds is 4. The molecule has 0 bridgehead atoms. The lowest BCUT2D eigenvalue weighted by molar-refractivity contribution is 0.415. The van der Waals surface area contributed by atoms with Gasteiger partial charge in [0.2, 0.25) is 4.80 Å². The molecule has 0 aliphatic heterocycles. The van der Waals surface area contributed by atoms with Crippen molar-refractivity contribution in [2.75, 3.05) is 14.2 Å². The van der Waals surface area contributed by atoms with Gasteiger partial charge in [-0.05, 0) is 29.1 Å². The summed E-state index contributed by atoms with van der Waals surface area (Å²) in [5.41, 5.74) is 2.04. The second-order valence-electron chi connectivity index (χ2n) is 4.44. The molecule has 0 aliphatic carbocycles. The summed E-state index contributed by atoms with van der Waals surface area (Å²) < 4.78 is 7.11. The third kappa shape index (κ3) is 3.03. The van der Waals surface area contributed by atoms with Gasteiger partial charge in [0.25, 0.3) is 0 Å². The third-order valence-corrected chi connectivity index (χ3v) is 4.87. The fraction of sp³-hybridized carbons (Fsp3) is 0.125. The predicted octanol–water partition coefficient (Wildman–Crippen LogP) is 3.70. The fourth-order valence-electron chi connectivity index (χ4n) is 2.00. The van der Waals surface area contributed by atoms with Crippen LogP contribution in [-0.2, 0) is 0 Å². The molecule has 22 heavy (non-hydrogen) atoms. The van der Waals surface area contributed by atoms with E-state index in [1.54, 1.807) is 36.8 Å². The molecule has 0 spiro atoms. The number of thiazole rings is 1. The first-order valence-corrected chi connectivity index (χ1v) is 8.43. The minimum Gasteiger partial charge on any atom is -0.497 e. The molecular formula is C16H15N3OS2. The van der Waals surface area contributed by atoms with E-state index in [1.165, 1.54) is 4.88 Å². The molecule has 112 valence electrons. The highest BCUT2D eigenvalue weighted by atomic mass is 32.1. The summed E-state index contributed by atoms with van der Waals surface area (Å²) in [6.07, 6.45) is 1.82. The van der Waals surface area contributed by atoms with Crippen molar-refractivity contribution in [3.8, 4) is 16.3 Å². The van der Waals surface area contributed by atoms with Crippen LogP contribution < -0.4 is 9.54 Å². The average Bonchev–Trinajstić information content (AvgIpc) is 3.21. The van der Waals surface area contributed by atoms with Crippen molar-refractivity contribution in [3.63, 3.8) is 0 Å². The van der Waals surface area contributed by atoms with E-state index in [9.17, 15) is 0 Å². The van der Waals surface area contributed by atoms with Gasteiger partial charge in [-0.15, -0.1) is 22.7 Å². The zero-order valence-corrected chi connectivity index (χ0v) is 13.9. The molecule has 0 radical (unpaired) electrons. The van der Waals surface area contributed by atoms with Gasteiger partial charge in [0.1, 0.15) is 5.75 Å². The Labute approximate surface area is 136 Å². The Morgan fingerprint density at radius 2 is 2.09 bits per heavy atom. The number of hydrogen-bond donors (Lipinski definition) is 0. The van der Waals surface area contributed by atoms with Crippen LogP contribution in [0.4, 0.5) is 0 Å². The van der Waals surface area contributed by atoms with Gasteiger partial charge in [0, 0.05) is 12.4 Å². The van der Waals surface area contributed by atoms with Crippen LogP contribution in [0.3, 0.4) is 0 Å². The van der Waals surface area contributed by atoms with Crippen LogP contribution in [0.5, 0.6) is 5.75 Å². The van der Waals surface area contributed by atoms with E-state index in [2.05, 4.69) is 26.9 Å². The van der Waals surface area contributed by atoms with Gasteiger partial charge >= 0.3 is 0 Å². The maximum absolute atomic E-state index is 5.24. The lowest BCUT2D eigenvalue weighted by Gasteiger charge is -2.02. The second kappa shape index (κ2) is 6.72. The van der Waals surface area contributed by atoms with E-state index in [-0.39, 0.29) is 0 Å². The van der Waals surface area contributed by atoms with Gasteiger partial charge in [-0.25, -0.2) is 4.68 Å². The molecule has 0 unspecified atom stereocenters. The smallest absolute Gasteiger partial charge is 0.205 e. The van der Waals surface area contributed by atoms with Crippen molar-refractivity contribution in [1.82, 2.24) is 4.68 Å². The van der Waals surface area contributed by atoms with Crippen molar-refractivity contribution < 1.29 is 4.74 Å². The molecular weight excluding hydrogens is 314 g/mol.